The summed E-state index contributed by atoms with van der Waals surface area (Å²) in [5, 5.41) is 7.24. The fraction of sp³-hybridized carbons (Fsp3) is 0.348. The summed E-state index contributed by atoms with van der Waals surface area (Å²) in [6.07, 6.45) is -5.45. The van der Waals surface area contributed by atoms with E-state index < -0.39 is 52.7 Å². The molecule has 0 saturated heterocycles. The third-order valence-electron chi connectivity index (χ3n) is 5.98. The predicted octanol–water partition coefficient (Wildman–Crippen LogP) is 6.26. The van der Waals surface area contributed by atoms with Crippen LogP contribution >= 0.6 is 58.0 Å². The lowest BCUT2D eigenvalue weighted by molar-refractivity contribution is -0.269. The van der Waals surface area contributed by atoms with Crippen molar-refractivity contribution in [3.05, 3.63) is 62.6 Å². The normalized spacial score (nSPS) is 20.2. The van der Waals surface area contributed by atoms with Gasteiger partial charge in [-0.2, -0.15) is 22.0 Å². The molecule has 1 aliphatic rings. The molecule has 39 heavy (non-hydrogen) atoms. The number of alkyl halides is 7. The first kappa shape index (κ1) is 31.5. The molecule has 3 N–H and O–H groups in total. The molecule has 1 fully saturated rings. The van der Waals surface area contributed by atoms with E-state index in [-0.39, 0.29) is 17.1 Å². The van der Waals surface area contributed by atoms with Gasteiger partial charge < -0.3 is 20.7 Å². The highest BCUT2D eigenvalue weighted by Crippen LogP contribution is 2.73. The second kappa shape index (κ2) is 11.4. The van der Waals surface area contributed by atoms with Gasteiger partial charge in [0.1, 0.15) is 10.6 Å². The summed E-state index contributed by atoms with van der Waals surface area (Å²) in [5.74, 6) is -9.61. The van der Waals surface area contributed by atoms with Crippen LogP contribution in [0.2, 0.25) is 15.1 Å². The van der Waals surface area contributed by atoms with Gasteiger partial charge in [-0.15, -0.1) is 0 Å². The van der Waals surface area contributed by atoms with E-state index in [2.05, 4.69) is 10.6 Å². The van der Waals surface area contributed by atoms with Crippen molar-refractivity contribution >= 4 is 81.8 Å². The van der Waals surface area contributed by atoms with Crippen LogP contribution in [0.3, 0.4) is 0 Å². The van der Waals surface area contributed by atoms with Crippen molar-refractivity contribution in [2.45, 2.75) is 22.4 Å². The van der Waals surface area contributed by atoms with Crippen molar-refractivity contribution in [3.8, 4) is 0 Å². The molecule has 0 heterocycles. The molecule has 2 atom stereocenters. The van der Waals surface area contributed by atoms with Crippen molar-refractivity contribution in [2.75, 3.05) is 25.0 Å². The molecule has 6 nitrogen and oxygen atoms in total. The maximum Gasteiger partial charge on any atom is 0.463 e. The van der Waals surface area contributed by atoms with E-state index in [1.165, 1.54) is 29.6 Å². The molecular formula is C23H17Cl5F5N3O3. The minimum Gasteiger partial charge on any atom is -0.384 e. The van der Waals surface area contributed by atoms with Crippen molar-refractivity contribution in [2.24, 2.45) is 5.41 Å². The number of halogens is 10. The highest BCUT2D eigenvalue weighted by atomic mass is 35.5. The van der Waals surface area contributed by atoms with Gasteiger partial charge in [-0.1, -0.05) is 58.0 Å². The number of carbonyl (C=O) groups is 3. The summed E-state index contributed by atoms with van der Waals surface area (Å²) in [6, 6.07) is 8.83. The lowest BCUT2D eigenvalue weighted by Crippen LogP contribution is -2.51. The van der Waals surface area contributed by atoms with Gasteiger partial charge in [0.15, 0.2) is 0 Å². The lowest BCUT2D eigenvalue weighted by Gasteiger charge is -2.18. The zero-order valence-electron chi connectivity index (χ0n) is 19.2. The zero-order valence-corrected chi connectivity index (χ0v) is 23.0. The third kappa shape index (κ3) is 6.32. The Morgan fingerprint density at radius 3 is 2.08 bits per heavy atom. The highest BCUT2D eigenvalue weighted by Gasteiger charge is 2.76. The number of benzene rings is 2. The van der Waals surface area contributed by atoms with Crippen LogP contribution in [0, 0.1) is 5.41 Å². The first-order valence-corrected chi connectivity index (χ1v) is 12.7. The summed E-state index contributed by atoms with van der Waals surface area (Å²) in [7, 11) is 0. The number of hydrogen-bond donors (Lipinski definition) is 3. The number of nitrogens with one attached hydrogen (secondary N) is 3. The monoisotopic (exact) mass is 653 g/mol. The number of hydrogen-bond acceptors (Lipinski definition) is 4. The minimum atomic E-state index is -6.06. The largest absolute Gasteiger partial charge is 0.463 e. The average molecular weight is 656 g/mol. The molecule has 3 rings (SSSR count). The Labute approximate surface area is 243 Å². The van der Waals surface area contributed by atoms with Gasteiger partial charge in [-0.25, -0.2) is 0 Å². The van der Waals surface area contributed by atoms with Crippen LogP contribution in [-0.2, 0) is 9.59 Å². The zero-order chi connectivity index (χ0) is 29.4. The number of rotatable bonds is 10. The summed E-state index contributed by atoms with van der Waals surface area (Å²) < 4.78 is 61.1. The SMILES string of the molecule is O=CC1(CNc2ccc(Cl)c(C(=O)NCCNC(=O)C(F)(F)C(F)(F)F)c2)C(c2cc(Cl)cc(Cl)c2)C1(Cl)Cl. The molecule has 0 aliphatic heterocycles. The van der Waals surface area contributed by atoms with E-state index in [1.807, 2.05) is 0 Å². The summed E-state index contributed by atoms with van der Waals surface area (Å²) in [4.78, 5) is 35.7. The first-order valence-electron chi connectivity index (χ1n) is 10.8. The molecule has 0 aromatic heterocycles. The van der Waals surface area contributed by atoms with E-state index in [9.17, 15) is 36.3 Å². The maximum atomic E-state index is 13.0. The van der Waals surface area contributed by atoms with Gasteiger partial charge in [-0.05, 0) is 42.0 Å². The molecule has 2 amide bonds. The second-order valence-corrected chi connectivity index (χ2v) is 11.2. The molecule has 1 saturated carbocycles. The Morgan fingerprint density at radius 1 is 0.923 bits per heavy atom. The van der Waals surface area contributed by atoms with Crippen molar-refractivity contribution in [3.63, 3.8) is 0 Å². The smallest absolute Gasteiger partial charge is 0.384 e. The lowest BCUT2D eigenvalue weighted by atomic mass is 10.00. The first-order chi connectivity index (χ1) is 18.0. The van der Waals surface area contributed by atoms with Crippen LogP contribution in [0.5, 0.6) is 0 Å². The minimum absolute atomic E-state index is 0.0160. The number of aldehydes is 1. The van der Waals surface area contributed by atoms with Gasteiger partial charge in [0, 0.05) is 41.3 Å². The maximum absolute atomic E-state index is 13.0. The van der Waals surface area contributed by atoms with E-state index in [0.29, 0.717) is 27.6 Å². The van der Waals surface area contributed by atoms with E-state index in [4.69, 9.17) is 58.0 Å². The van der Waals surface area contributed by atoms with Crippen molar-refractivity contribution in [1.82, 2.24) is 10.6 Å². The number of anilines is 1. The number of amides is 2. The average Bonchev–Trinajstić information content (AvgIpc) is 3.34. The molecule has 2 aromatic rings. The summed E-state index contributed by atoms with van der Waals surface area (Å²) in [5.41, 5.74) is -0.515. The van der Waals surface area contributed by atoms with Gasteiger partial charge >= 0.3 is 12.1 Å². The molecule has 212 valence electrons. The molecule has 0 bridgehead atoms. The predicted molar refractivity (Wildman–Crippen MR) is 138 cm³/mol. The van der Waals surface area contributed by atoms with E-state index >= 15 is 0 Å². The third-order valence-corrected chi connectivity index (χ3v) is 7.88. The van der Waals surface area contributed by atoms with Crippen molar-refractivity contribution in [1.29, 1.82) is 0 Å². The molecule has 1 aliphatic carbocycles. The Kier molecular flexibility index (Phi) is 9.24. The molecule has 16 heteroatoms. The summed E-state index contributed by atoms with van der Waals surface area (Å²) in [6.45, 7) is -1.26. The van der Waals surface area contributed by atoms with Gasteiger partial charge in [0.05, 0.1) is 16.0 Å². The van der Waals surface area contributed by atoms with E-state index in [0.717, 1.165) is 0 Å². The van der Waals surface area contributed by atoms with Crippen LogP contribution in [0.15, 0.2) is 36.4 Å². The van der Waals surface area contributed by atoms with Crippen LogP contribution in [0.4, 0.5) is 27.6 Å². The Balaban J connectivity index is 1.64. The van der Waals surface area contributed by atoms with Gasteiger partial charge in [0.25, 0.3) is 11.8 Å². The molecule has 2 aromatic carbocycles. The van der Waals surface area contributed by atoms with Crippen LogP contribution in [0.1, 0.15) is 21.8 Å². The fourth-order valence-corrected chi connectivity index (χ4v) is 5.60. The molecule has 2 unspecified atom stereocenters. The van der Waals surface area contributed by atoms with Crippen LogP contribution < -0.4 is 16.0 Å². The molecule has 0 radical (unpaired) electrons. The second-order valence-electron chi connectivity index (χ2n) is 8.55. The van der Waals surface area contributed by atoms with Crippen LogP contribution in [-0.4, -0.2) is 54.2 Å². The Morgan fingerprint density at radius 2 is 1.51 bits per heavy atom. The molecular weight excluding hydrogens is 639 g/mol. The van der Waals surface area contributed by atoms with Gasteiger partial charge in [-0.3, -0.25) is 9.59 Å². The highest BCUT2D eigenvalue weighted by molar-refractivity contribution is 6.54. The number of carbonyl (C=O) groups excluding carboxylic acids is 3. The topological polar surface area (TPSA) is 87.3 Å². The van der Waals surface area contributed by atoms with E-state index in [1.54, 1.807) is 12.1 Å². The van der Waals surface area contributed by atoms with Crippen LogP contribution in [0.25, 0.3) is 0 Å². The van der Waals surface area contributed by atoms with Gasteiger partial charge in [0.2, 0.25) is 0 Å². The summed E-state index contributed by atoms with van der Waals surface area (Å²) >= 11 is 31.1. The Bertz CT molecular complexity index is 1270. The standard InChI is InChI=1S/C23H17Cl5F5N3O3/c24-12-5-11(6-13(25)7-12)17-20(10-37,21(17,27)28)9-36-14-1-2-16(26)15(8-14)18(38)34-3-4-35-19(39)22(29,30)23(31,32)33/h1-2,5-8,10,17,36H,3-4,9H2,(H,34,38)(H,35,39). The molecule has 0 spiro atoms. The quantitative estimate of drug-likeness (QED) is 0.122. The Hall–Kier alpha value is -2.05. The van der Waals surface area contributed by atoms with Crippen molar-refractivity contribution < 1.29 is 36.3 Å². The fourth-order valence-electron chi connectivity index (χ4n) is 3.88.